The Morgan fingerprint density at radius 2 is 2.21 bits per heavy atom. The van der Waals surface area contributed by atoms with Gasteiger partial charge in [-0.25, -0.2) is 9.97 Å². The van der Waals surface area contributed by atoms with Crippen molar-refractivity contribution < 1.29 is 9.47 Å². The van der Waals surface area contributed by atoms with Crippen molar-refractivity contribution >= 4 is 5.82 Å². The largest absolute Gasteiger partial charge is 0.481 e. The molecule has 0 fully saturated rings. The van der Waals surface area contributed by atoms with E-state index in [2.05, 4.69) is 20.4 Å². The summed E-state index contributed by atoms with van der Waals surface area (Å²) >= 11 is 0. The zero-order chi connectivity index (χ0) is 13.7. The summed E-state index contributed by atoms with van der Waals surface area (Å²) in [7, 11) is 5.12. The Morgan fingerprint density at radius 1 is 1.37 bits per heavy atom. The van der Waals surface area contributed by atoms with Crippen LogP contribution in [0, 0.1) is 0 Å². The zero-order valence-electron chi connectivity index (χ0n) is 11.2. The van der Waals surface area contributed by atoms with Gasteiger partial charge in [0.1, 0.15) is 12.1 Å². The number of hydrogen-bond acceptors (Lipinski definition) is 6. The van der Waals surface area contributed by atoms with Gasteiger partial charge in [-0.2, -0.15) is 5.10 Å². The molecule has 0 saturated heterocycles. The minimum Gasteiger partial charge on any atom is -0.481 e. The molecule has 0 bridgehead atoms. The number of aromatic nitrogens is 4. The Balaban J connectivity index is 2.18. The van der Waals surface area contributed by atoms with Crippen molar-refractivity contribution in [2.45, 2.75) is 6.04 Å². The van der Waals surface area contributed by atoms with Gasteiger partial charge in [0.25, 0.3) is 0 Å². The third-order valence-electron chi connectivity index (χ3n) is 2.72. The molecule has 0 aromatic carbocycles. The lowest BCUT2D eigenvalue weighted by Crippen LogP contribution is -2.20. The minimum atomic E-state index is -0.0443. The number of methoxy groups -OCH3 is 2. The van der Waals surface area contributed by atoms with Crippen molar-refractivity contribution in [3.8, 4) is 5.88 Å². The van der Waals surface area contributed by atoms with Crippen LogP contribution in [0.3, 0.4) is 0 Å². The number of nitrogens with zero attached hydrogens (tertiary/aromatic N) is 4. The van der Waals surface area contributed by atoms with Crippen molar-refractivity contribution in [1.29, 1.82) is 0 Å². The fourth-order valence-electron chi connectivity index (χ4n) is 1.80. The average Bonchev–Trinajstić information content (AvgIpc) is 2.85. The number of rotatable bonds is 6. The smallest absolute Gasteiger partial charge is 0.218 e. The monoisotopic (exact) mass is 263 g/mol. The Morgan fingerprint density at radius 3 is 2.84 bits per heavy atom. The van der Waals surface area contributed by atoms with Crippen LogP contribution in [0.4, 0.5) is 5.82 Å². The molecule has 0 radical (unpaired) electrons. The number of anilines is 1. The molecule has 7 nitrogen and oxygen atoms in total. The third kappa shape index (κ3) is 3.19. The van der Waals surface area contributed by atoms with Crippen LogP contribution in [-0.2, 0) is 11.8 Å². The molecular weight excluding hydrogens is 246 g/mol. The van der Waals surface area contributed by atoms with Crippen LogP contribution < -0.4 is 10.1 Å². The normalized spacial score (nSPS) is 12.2. The van der Waals surface area contributed by atoms with E-state index in [4.69, 9.17) is 9.47 Å². The molecule has 1 atom stereocenters. The Kier molecular flexibility index (Phi) is 4.30. The van der Waals surface area contributed by atoms with Crippen LogP contribution >= 0.6 is 0 Å². The Labute approximate surface area is 111 Å². The fourth-order valence-corrected chi connectivity index (χ4v) is 1.80. The van der Waals surface area contributed by atoms with Gasteiger partial charge in [-0.05, 0) is 6.07 Å². The van der Waals surface area contributed by atoms with Gasteiger partial charge in [0.05, 0.1) is 25.5 Å². The van der Waals surface area contributed by atoms with Crippen LogP contribution in [-0.4, -0.2) is 40.6 Å². The quantitative estimate of drug-likeness (QED) is 0.838. The summed E-state index contributed by atoms with van der Waals surface area (Å²) in [4.78, 5) is 8.13. The SMILES string of the molecule is COC[C@@H](Nc1cc(OC)ncn1)c1ccnn1C. The van der Waals surface area contributed by atoms with E-state index >= 15 is 0 Å². The first-order valence-electron chi connectivity index (χ1n) is 5.84. The summed E-state index contributed by atoms with van der Waals surface area (Å²) in [6.45, 7) is 0.506. The topological polar surface area (TPSA) is 74.1 Å². The summed E-state index contributed by atoms with van der Waals surface area (Å²) in [5.74, 6) is 1.19. The van der Waals surface area contributed by atoms with E-state index in [0.29, 0.717) is 18.3 Å². The highest BCUT2D eigenvalue weighted by Gasteiger charge is 2.15. The lowest BCUT2D eigenvalue weighted by atomic mass is 10.2. The third-order valence-corrected chi connectivity index (χ3v) is 2.72. The van der Waals surface area contributed by atoms with E-state index in [1.165, 1.54) is 6.33 Å². The Hall–Kier alpha value is -2.15. The predicted octanol–water partition coefficient (Wildman–Crippen LogP) is 1.02. The minimum absolute atomic E-state index is 0.0443. The van der Waals surface area contributed by atoms with E-state index in [-0.39, 0.29) is 6.04 Å². The first-order chi connectivity index (χ1) is 9.24. The van der Waals surface area contributed by atoms with Gasteiger partial charge >= 0.3 is 0 Å². The molecule has 102 valence electrons. The summed E-state index contributed by atoms with van der Waals surface area (Å²) in [5.41, 5.74) is 1.01. The molecule has 0 aliphatic rings. The second-order valence-electron chi connectivity index (χ2n) is 3.98. The van der Waals surface area contributed by atoms with Crippen molar-refractivity contribution in [3.05, 3.63) is 30.4 Å². The highest BCUT2D eigenvalue weighted by Crippen LogP contribution is 2.19. The van der Waals surface area contributed by atoms with Gasteiger partial charge in [-0.15, -0.1) is 0 Å². The molecule has 2 aromatic heterocycles. The van der Waals surface area contributed by atoms with Crippen LogP contribution in [0.25, 0.3) is 0 Å². The Bertz CT molecular complexity index is 528. The number of ether oxygens (including phenoxy) is 2. The zero-order valence-corrected chi connectivity index (χ0v) is 11.2. The predicted molar refractivity (Wildman–Crippen MR) is 70.0 cm³/mol. The van der Waals surface area contributed by atoms with E-state index in [1.807, 2.05) is 13.1 Å². The van der Waals surface area contributed by atoms with Crippen LogP contribution in [0.15, 0.2) is 24.7 Å². The fraction of sp³-hybridized carbons (Fsp3) is 0.417. The van der Waals surface area contributed by atoms with Gasteiger partial charge in [-0.1, -0.05) is 0 Å². The van der Waals surface area contributed by atoms with E-state index < -0.39 is 0 Å². The maximum absolute atomic E-state index is 5.23. The molecule has 0 amide bonds. The summed E-state index contributed by atoms with van der Waals surface area (Å²) in [6, 6.07) is 3.63. The molecular formula is C12H17N5O2. The summed E-state index contributed by atoms with van der Waals surface area (Å²) in [6.07, 6.45) is 3.20. The molecule has 0 unspecified atom stereocenters. The summed E-state index contributed by atoms with van der Waals surface area (Å²) < 4.78 is 12.1. The number of aryl methyl sites for hydroxylation is 1. The molecule has 2 heterocycles. The van der Waals surface area contributed by atoms with E-state index in [9.17, 15) is 0 Å². The highest BCUT2D eigenvalue weighted by atomic mass is 16.5. The highest BCUT2D eigenvalue weighted by molar-refractivity contribution is 5.39. The maximum Gasteiger partial charge on any atom is 0.218 e. The molecule has 0 spiro atoms. The van der Waals surface area contributed by atoms with Gasteiger partial charge < -0.3 is 14.8 Å². The van der Waals surface area contributed by atoms with Gasteiger partial charge in [0.15, 0.2) is 0 Å². The molecule has 0 saturated carbocycles. The summed E-state index contributed by atoms with van der Waals surface area (Å²) in [5, 5.41) is 7.44. The van der Waals surface area contributed by atoms with Crippen LogP contribution in [0.1, 0.15) is 11.7 Å². The van der Waals surface area contributed by atoms with Crippen molar-refractivity contribution in [1.82, 2.24) is 19.7 Å². The van der Waals surface area contributed by atoms with Crippen molar-refractivity contribution in [2.75, 3.05) is 26.1 Å². The first-order valence-corrected chi connectivity index (χ1v) is 5.84. The molecule has 0 aliphatic heterocycles. The van der Waals surface area contributed by atoms with E-state index in [1.54, 1.807) is 31.2 Å². The van der Waals surface area contributed by atoms with Gasteiger partial charge in [-0.3, -0.25) is 4.68 Å². The second kappa shape index (κ2) is 6.14. The lowest BCUT2D eigenvalue weighted by Gasteiger charge is -2.18. The first kappa shape index (κ1) is 13.3. The van der Waals surface area contributed by atoms with Crippen LogP contribution in [0.5, 0.6) is 5.88 Å². The molecule has 19 heavy (non-hydrogen) atoms. The van der Waals surface area contributed by atoms with Gasteiger partial charge in [0, 0.05) is 26.4 Å². The van der Waals surface area contributed by atoms with Crippen molar-refractivity contribution in [2.24, 2.45) is 7.05 Å². The van der Waals surface area contributed by atoms with E-state index in [0.717, 1.165) is 5.69 Å². The molecule has 2 rings (SSSR count). The molecule has 7 heteroatoms. The average molecular weight is 263 g/mol. The standard InChI is InChI=1S/C12H17N5O2/c1-17-10(4-5-15-17)9(7-18-2)16-11-6-12(19-3)14-8-13-11/h4-6,8-9H,7H2,1-3H3,(H,13,14,16)/t9-/m1/s1. The molecule has 1 N–H and O–H groups in total. The maximum atomic E-state index is 5.23. The number of nitrogens with one attached hydrogen (secondary N) is 1. The van der Waals surface area contributed by atoms with Crippen molar-refractivity contribution in [3.63, 3.8) is 0 Å². The van der Waals surface area contributed by atoms with Crippen LogP contribution in [0.2, 0.25) is 0 Å². The second-order valence-corrected chi connectivity index (χ2v) is 3.98. The number of hydrogen-bond donors (Lipinski definition) is 1. The molecule has 2 aromatic rings. The lowest BCUT2D eigenvalue weighted by molar-refractivity contribution is 0.184. The van der Waals surface area contributed by atoms with Gasteiger partial charge in [0.2, 0.25) is 5.88 Å². The molecule has 0 aliphatic carbocycles.